The first kappa shape index (κ1) is 27.7. The van der Waals surface area contributed by atoms with E-state index in [1.165, 1.54) is 11.1 Å². The molecule has 0 fully saturated rings. The predicted molar refractivity (Wildman–Crippen MR) is 146 cm³/mol. The van der Waals surface area contributed by atoms with Gasteiger partial charge in [-0.15, -0.1) is 0 Å². The van der Waals surface area contributed by atoms with E-state index >= 15 is 0 Å². The van der Waals surface area contributed by atoms with Gasteiger partial charge in [-0.25, -0.2) is 4.57 Å². The summed E-state index contributed by atoms with van der Waals surface area (Å²) in [6.07, 6.45) is 0.804. The number of phosphoric ester groups is 1. The number of hydrogen-bond acceptors (Lipinski definition) is 4. The van der Waals surface area contributed by atoms with Gasteiger partial charge in [0.1, 0.15) is 18.1 Å². The van der Waals surface area contributed by atoms with Gasteiger partial charge in [-0.2, -0.15) is 0 Å². The van der Waals surface area contributed by atoms with Crippen molar-refractivity contribution >= 4 is 19.0 Å². The first-order chi connectivity index (χ1) is 17.1. The molecule has 0 aliphatic carbocycles. The van der Waals surface area contributed by atoms with Crippen molar-refractivity contribution in [2.45, 2.75) is 33.1 Å². The summed E-state index contributed by atoms with van der Waals surface area (Å²) >= 11 is 0. The first-order valence-electron chi connectivity index (χ1n) is 12.1. The third-order valence-electron chi connectivity index (χ3n) is 5.90. The van der Waals surface area contributed by atoms with E-state index in [4.69, 9.17) is 19.0 Å². The molecule has 0 spiro atoms. The van der Waals surface area contributed by atoms with Crippen LogP contribution in [0, 0.1) is 0 Å². The van der Waals surface area contributed by atoms with Crippen LogP contribution in [-0.2, 0) is 4.57 Å². The molecule has 0 saturated carbocycles. The normalized spacial score (nSPS) is 12.6. The Morgan fingerprint density at radius 1 is 0.833 bits per heavy atom. The summed E-state index contributed by atoms with van der Waals surface area (Å²) in [4.78, 5) is 20.4. The van der Waals surface area contributed by atoms with E-state index in [-0.39, 0.29) is 5.75 Å². The van der Waals surface area contributed by atoms with E-state index in [9.17, 15) is 4.57 Å². The summed E-state index contributed by atoms with van der Waals surface area (Å²) in [5.74, 6) is 1.38. The smallest absolute Gasteiger partial charge is 0.492 e. The van der Waals surface area contributed by atoms with Crippen LogP contribution in [0.1, 0.15) is 55.4 Å². The highest BCUT2D eigenvalue weighted by atomic mass is 31.2. The number of allylic oxidation sites excluding steroid dienone is 1. The van der Waals surface area contributed by atoms with Crippen molar-refractivity contribution in [3.05, 3.63) is 95.1 Å². The topological polar surface area (TPSA) is 79.2 Å². The zero-order chi connectivity index (χ0) is 26.3. The molecule has 0 aliphatic heterocycles. The average molecular weight is 510 g/mol. The fraction of sp³-hybridized carbons (Fsp3) is 0.310. The van der Waals surface area contributed by atoms with Crippen molar-refractivity contribution in [1.82, 2.24) is 4.90 Å². The molecule has 3 aromatic rings. The largest absolute Gasteiger partial charge is 0.524 e. The van der Waals surface area contributed by atoms with Crippen LogP contribution < -0.4 is 9.26 Å². The maximum atomic E-state index is 11.2. The number of hydrogen-bond donors (Lipinski definition) is 2. The van der Waals surface area contributed by atoms with Crippen LogP contribution in [0.3, 0.4) is 0 Å². The van der Waals surface area contributed by atoms with Gasteiger partial charge in [0, 0.05) is 6.54 Å². The van der Waals surface area contributed by atoms with Crippen LogP contribution in [0.2, 0.25) is 0 Å². The maximum Gasteiger partial charge on any atom is 0.524 e. The Bertz CT molecular complexity index is 1190. The van der Waals surface area contributed by atoms with Crippen molar-refractivity contribution in [2.24, 2.45) is 0 Å². The lowest BCUT2D eigenvalue weighted by molar-refractivity contribution is 0.261. The Morgan fingerprint density at radius 2 is 1.33 bits per heavy atom. The van der Waals surface area contributed by atoms with Gasteiger partial charge in [-0.3, -0.25) is 9.79 Å². The Kier molecular flexibility index (Phi) is 9.52. The highest BCUT2D eigenvalue weighted by Crippen LogP contribution is 2.40. The summed E-state index contributed by atoms with van der Waals surface area (Å²) in [6.45, 7) is 7.94. The Labute approximate surface area is 214 Å². The zero-order valence-corrected chi connectivity index (χ0v) is 22.5. The van der Waals surface area contributed by atoms with Crippen LogP contribution in [-0.4, -0.2) is 41.9 Å². The minimum Gasteiger partial charge on any atom is -0.492 e. The summed E-state index contributed by atoms with van der Waals surface area (Å²) in [7, 11) is -0.593. The highest BCUT2D eigenvalue weighted by molar-refractivity contribution is 7.46. The third kappa shape index (κ3) is 7.81. The number of phosphoric acid groups is 1. The van der Waals surface area contributed by atoms with E-state index < -0.39 is 7.82 Å². The molecule has 36 heavy (non-hydrogen) atoms. The van der Waals surface area contributed by atoms with Gasteiger partial charge < -0.3 is 14.2 Å². The van der Waals surface area contributed by atoms with Gasteiger partial charge in [0.05, 0.1) is 0 Å². The molecular weight excluding hydrogens is 473 g/mol. The molecule has 0 amide bonds. The molecule has 7 heteroatoms. The Balaban J connectivity index is 2.05. The van der Waals surface area contributed by atoms with Crippen LogP contribution >= 0.6 is 7.82 Å². The molecule has 3 rings (SSSR count). The lowest BCUT2D eigenvalue weighted by Gasteiger charge is -2.18. The van der Waals surface area contributed by atoms with Crippen molar-refractivity contribution < 1.29 is 23.6 Å². The van der Waals surface area contributed by atoms with Crippen molar-refractivity contribution in [3.8, 4) is 11.5 Å². The molecular formula is C29H36NO5P. The monoisotopic (exact) mass is 509 g/mol. The van der Waals surface area contributed by atoms with Gasteiger partial charge >= 0.3 is 7.82 Å². The molecule has 3 aromatic carbocycles. The van der Waals surface area contributed by atoms with Gasteiger partial charge in [-0.1, -0.05) is 69.3 Å². The number of benzene rings is 3. The molecule has 6 nitrogen and oxygen atoms in total. The summed E-state index contributed by atoms with van der Waals surface area (Å²) in [6, 6.07) is 23.6. The molecule has 0 radical (unpaired) electrons. The second kappa shape index (κ2) is 12.4. The van der Waals surface area contributed by atoms with Gasteiger partial charge in [-0.05, 0) is 84.1 Å². The molecule has 2 N–H and O–H groups in total. The molecule has 0 saturated heterocycles. The van der Waals surface area contributed by atoms with Crippen molar-refractivity contribution in [1.29, 1.82) is 0 Å². The molecule has 0 bridgehead atoms. The van der Waals surface area contributed by atoms with Crippen LogP contribution in [0.5, 0.6) is 11.5 Å². The first-order valence-corrected chi connectivity index (χ1v) is 13.7. The third-order valence-corrected chi connectivity index (χ3v) is 6.35. The number of ether oxygens (including phenoxy) is 1. The molecule has 0 atom stereocenters. The van der Waals surface area contributed by atoms with E-state index in [1.807, 2.05) is 38.4 Å². The number of nitrogens with zero attached hydrogens (tertiary/aromatic N) is 1. The van der Waals surface area contributed by atoms with Gasteiger partial charge in [0.15, 0.2) is 0 Å². The summed E-state index contributed by atoms with van der Waals surface area (Å²) in [5, 5.41) is 0. The minimum atomic E-state index is -4.62. The molecule has 0 heterocycles. The fourth-order valence-corrected chi connectivity index (χ4v) is 4.39. The molecule has 0 aromatic heterocycles. The number of rotatable bonds is 11. The predicted octanol–water partition coefficient (Wildman–Crippen LogP) is 6.59. The van der Waals surface area contributed by atoms with Crippen LogP contribution in [0.25, 0.3) is 11.1 Å². The van der Waals surface area contributed by atoms with E-state index in [0.717, 1.165) is 41.0 Å². The summed E-state index contributed by atoms with van der Waals surface area (Å²) in [5.41, 5.74) is 6.61. The van der Waals surface area contributed by atoms with Crippen molar-refractivity contribution in [2.75, 3.05) is 27.2 Å². The maximum absolute atomic E-state index is 11.2. The van der Waals surface area contributed by atoms with E-state index in [2.05, 4.69) is 62.1 Å². The molecule has 192 valence electrons. The second-order valence-corrected chi connectivity index (χ2v) is 10.4. The molecule has 0 unspecified atom stereocenters. The lowest BCUT2D eigenvalue weighted by Crippen LogP contribution is -2.19. The standard InChI is InChI=1S/C29H36NO5P/c1-6-28(23-9-7-22(8-10-23)21(2)3)29(25-13-17-27(18-14-25)35-36(31,32)33)24-11-15-26(16-12-24)34-20-19-30(4)5/h7-18,21H,6,19-20H2,1-5H3,(H2,31,32,33)/b29-28-. The average Bonchev–Trinajstić information content (AvgIpc) is 2.83. The minimum absolute atomic E-state index is 0.121. The second-order valence-electron chi connectivity index (χ2n) is 9.27. The number of likely N-dealkylation sites (N-methyl/N-ethyl adjacent to an activating group) is 1. The quantitative estimate of drug-likeness (QED) is 0.224. The van der Waals surface area contributed by atoms with E-state index in [0.29, 0.717) is 12.5 Å². The van der Waals surface area contributed by atoms with Crippen LogP contribution in [0.4, 0.5) is 0 Å². The fourth-order valence-electron chi connectivity index (χ4n) is 3.99. The summed E-state index contributed by atoms with van der Waals surface area (Å²) < 4.78 is 21.9. The lowest BCUT2D eigenvalue weighted by atomic mass is 9.87. The highest BCUT2D eigenvalue weighted by Gasteiger charge is 2.17. The molecule has 0 aliphatic rings. The van der Waals surface area contributed by atoms with Gasteiger partial charge in [0.2, 0.25) is 0 Å². The Hall–Kier alpha value is -2.89. The van der Waals surface area contributed by atoms with E-state index in [1.54, 1.807) is 12.1 Å². The Morgan fingerprint density at radius 3 is 1.78 bits per heavy atom. The van der Waals surface area contributed by atoms with Crippen LogP contribution in [0.15, 0.2) is 72.8 Å². The van der Waals surface area contributed by atoms with Gasteiger partial charge in [0.25, 0.3) is 0 Å². The van der Waals surface area contributed by atoms with Crippen molar-refractivity contribution in [3.63, 3.8) is 0 Å². The zero-order valence-electron chi connectivity index (χ0n) is 21.6. The SMILES string of the molecule is CC/C(=C(\c1ccc(OCCN(C)C)cc1)c1ccc(OP(=O)(O)O)cc1)c1ccc(C(C)C)cc1.